The summed E-state index contributed by atoms with van der Waals surface area (Å²) >= 11 is 5.48. The van der Waals surface area contributed by atoms with Gasteiger partial charge in [-0.05, 0) is 5.39 Å². The quantitative estimate of drug-likeness (QED) is 0.734. The molecule has 90 valence electrons. The molecule has 2 aromatic rings. The predicted octanol–water partition coefficient (Wildman–Crippen LogP) is 2.18. The lowest BCUT2D eigenvalue weighted by molar-refractivity contribution is 0.0314. The SMILES string of the molecule is Oc1c(C(O)C(O)CCl)ccc2ccccc12. The van der Waals surface area contributed by atoms with E-state index in [1.807, 2.05) is 12.1 Å². The van der Waals surface area contributed by atoms with Crippen LogP contribution in [-0.4, -0.2) is 27.3 Å². The summed E-state index contributed by atoms with van der Waals surface area (Å²) in [5.41, 5.74) is 0.289. The van der Waals surface area contributed by atoms with Gasteiger partial charge in [0, 0.05) is 10.9 Å². The summed E-state index contributed by atoms with van der Waals surface area (Å²) < 4.78 is 0. The number of aliphatic hydroxyl groups excluding tert-OH is 2. The van der Waals surface area contributed by atoms with Gasteiger partial charge in [0.15, 0.2) is 0 Å². The molecule has 0 saturated heterocycles. The molecule has 0 radical (unpaired) electrons. The number of alkyl halides is 1. The molecule has 3 N–H and O–H groups in total. The van der Waals surface area contributed by atoms with Gasteiger partial charge in [0.05, 0.1) is 12.0 Å². The number of halogens is 1. The van der Waals surface area contributed by atoms with Crippen molar-refractivity contribution < 1.29 is 15.3 Å². The minimum atomic E-state index is -1.18. The number of hydrogen-bond donors (Lipinski definition) is 3. The zero-order valence-electron chi connectivity index (χ0n) is 9.05. The molecule has 0 aromatic heterocycles. The van der Waals surface area contributed by atoms with Gasteiger partial charge < -0.3 is 15.3 Å². The summed E-state index contributed by atoms with van der Waals surface area (Å²) in [6.45, 7) is 0. The molecule has 17 heavy (non-hydrogen) atoms. The fourth-order valence-corrected chi connectivity index (χ4v) is 1.97. The maximum Gasteiger partial charge on any atom is 0.129 e. The minimum absolute atomic E-state index is 0.0141. The van der Waals surface area contributed by atoms with E-state index in [0.717, 1.165) is 5.39 Å². The fourth-order valence-electron chi connectivity index (χ4n) is 1.80. The molecule has 2 aromatic carbocycles. The predicted molar refractivity (Wildman–Crippen MR) is 67.3 cm³/mol. The van der Waals surface area contributed by atoms with Crippen molar-refractivity contribution in [2.24, 2.45) is 0 Å². The van der Waals surface area contributed by atoms with E-state index < -0.39 is 12.2 Å². The van der Waals surface area contributed by atoms with E-state index in [-0.39, 0.29) is 17.2 Å². The lowest BCUT2D eigenvalue weighted by Crippen LogP contribution is -2.19. The number of fused-ring (bicyclic) bond motifs is 1. The van der Waals surface area contributed by atoms with Crippen LogP contribution in [0.1, 0.15) is 11.7 Å². The van der Waals surface area contributed by atoms with Crippen molar-refractivity contribution in [1.29, 1.82) is 0 Å². The van der Waals surface area contributed by atoms with Gasteiger partial charge in [-0.3, -0.25) is 0 Å². The van der Waals surface area contributed by atoms with Crippen molar-refractivity contribution >= 4 is 22.4 Å². The Hall–Kier alpha value is -1.29. The number of phenols is 1. The largest absolute Gasteiger partial charge is 0.507 e. The van der Waals surface area contributed by atoms with Crippen molar-refractivity contribution in [3.8, 4) is 5.75 Å². The molecule has 2 atom stereocenters. The minimum Gasteiger partial charge on any atom is -0.507 e. The molecule has 2 rings (SSSR count). The molecule has 4 heteroatoms. The molecule has 0 aliphatic heterocycles. The average molecular weight is 253 g/mol. The molecule has 3 nitrogen and oxygen atoms in total. The van der Waals surface area contributed by atoms with Crippen molar-refractivity contribution in [1.82, 2.24) is 0 Å². The third-order valence-electron chi connectivity index (χ3n) is 2.77. The first-order chi connectivity index (χ1) is 8.15. The molecular formula is C13H13ClO3. The molecule has 0 aliphatic rings. The lowest BCUT2D eigenvalue weighted by Gasteiger charge is -2.17. The average Bonchev–Trinajstić information content (AvgIpc) is 2.38. The van der Waals surface area contributed by atoms with E-state index >= 15 is 0 Å². The van der Waals surface area contributed by atoms with Gasteiger partial charge in [-0.15, -0.1) is 11.6 Å². The third kappa shape index (κ3) is 2.22. The van der Waals surface area contributed by atoms with Crippen molar-refractivity contribution in [2.45, 2.75) is 12.2 Å². The maximum absolute atomic E-state index is 10.1. The van der Waals surface area contributed by atoms with Crippen molar-refractivity contribution in [3.05, 3.63) is 42.0 Å². The second-order valence-corrected chi connectivity index (χ2v) is 4.20. The summed E-state index contributed by atoms with van der Waals surface area (Å²) in [6, 6.07) is 10.7. The Morgan fingerprint density at radius 2 is 1.76 bits per heavy atom. The monoisotopic (exact) mass is 252 g/mol. The standard InChI is InChI=1S/C13H13ClO3/c14-7-11(15)13(17)10-6-5-8-3-1-2-4-9(8)12(10)16/h1-6,11,13,15-17H,7H2. The molecule has 0 bridgehead atoms. The normalized spacial score (nSPS) is 14.8. The van der Waals surface area contributed by atoms with Crippen LogP contribution in [0.4, 0.5) is 0 Å². The third-order valence-corrected chi connectivity index (χ3v) is 3.09. The highest BCUT2D eigenvalue weighted by atomic mass is 35.5. The van der Waals surface area contributed by atoms with Gasteiger partial charge in [-0.25, -0.2) is 0 Å². The highest BCUT2D eigenvalue weighted by Crippen LogP contribution is 2.33. The van der Waals surface area contributed by atoms with Crippen LogP contribution in [0.25, 0.3) is 10.8 Å². The molecule has 0 saturated carbocycles. The maximum atomic E-state index is 10.1. The summed E-state index contributed by atoms with van der Waals surface area (Å²) in [4.78, 5) is 0. The highest BCUT2D eigenvalue weighted by Gasteiger charge is 2.21. The summed E-state index contributed by atoms with van der Waals surface area (Å²) in [6.07, 6.45) is -2.28. The molecule has 0 amide bonds. The van der Waals surface area contributed by atoms with E-state index in [1.165, 1.54) is 0 Å². The van der Waals surface area contributed by atoms with E-state index in [1.54, 1.807) is 24.3 Å². The zero-order chi connectivity index (χ0) is 12.4. The smallest absolute Gasteiger partial charge is 0.129 e. The lowest BCUT2D eigenvalue weighted by atomic mass is 9.99. The molecule has 0 fully saturated rings. The van der Waals surface area contributed by atoms with E-state index in [4.69, 9.17) is 11.6 Å². The Bertz CT molecular complexity index is 527. The van der Waals surface area contributed by atoms with Crippen LogP contribution >= 0.6 is 11.6 Å². The number of phenolic OH excluding ortho intramolecular Hbond substituents is 1. The van der Waals surface area contributed by atoms with Gasteiger partial charge in [-0.2, -0.15) is 0 Å². The number of hydrogen-bond acceptors (Lipinski definition) is 3. The first kappa shape index (κ1) is 12.2. The van der Waals surface area contributed by atoms with Crippen molar-refractivity contribution in [2.75, 3.05) is 5.88 Å². The van der Waals surface area contributed by atoms with Crippen LogP contribution in [0, 0.1) is 0 Å². The molecular weight excluding hydrogens is 240 g/mol. The van der Waals surface area contributed by atoms with Crippen molar-refractivity contribution in [3.63, 3.8) is 0 Å². The van der Waals surface area contributed by atoms with Gasteiger partial charge >= 0.3 is 0 Å². The van der Waals surface area contributed by atoms with Crippen LogP contribution in [0.5, 0.6) is 5.75 Å². The molecule has 2 unspecified atom stereocenters. The topological polar surface area (TPSA) is 60.7 Å². The first-order valence-electron chi connectivity index (χ1n) is 5.28. The summed E-state index contributed by atoms with van der Waals surface area (Å²) in [5.74, 6) is -0.104. The Morgan fingerprint density at radius 1 is 1.06 bits per heavy atom. The second-order valence-electron chi connectivity index (χ2n) is 3.89. The van der Waals surface area contributed by atoms with E-state index in [0.29, 0.717) is 5.39 Å². The number of benzene rings is 2. The molecule has 0 aliphatic carbocycles. The van der Waals surface area contributed by atoms with Crippen LogP contribution in [0.3, 0.4) is 0 Å². The highest BCUT2D eigenvalue weighted by molar-refractivity contribution is 6.18. The van der Waals surface area contributed by atoms with E-state index in [2.05, 4.69) is 0 Å². The van der Waals surface area contributed by atoms with Gasteiger partial charge in [0.2, 0.25) is 0 Å². The number of aliphatic hydroxyl groups is 2. The Morgan fingerprint density at radius 3 is 2.47 bits per heavy atom. The van der Waals surface area contributed by atoms with Crippen LogP contribution in [0.15, 0.2) is 36.4 Å². The van der Waals surface area contributed by atoms with Gasteiger partial charge in [0.1, 0.15) is 11.9 Å². The molecule has 0 heterocycles. The van der Waals surface area contributed by atoms with Gasteiger partial charge in [0.25, 0.3) is 0 Å². The second kappa shape index (κ2) is 4.92. The number of aromatic hydroxyl groups is 1. The summed E-state index contributed by atoms with van der Waals surface area (Å²) in [5, 5.41) is 30.9. The van der Waals surface area contributed by atoms with Gasteiger partial charge in [-0.1, -0.05) is 36.4 Å². The van der Waals surface area contributed by atoms with Crippen LogP contribution in [0.2, 0.25) is 0 Å². The van der Waals surface area contributed by atoms with Crippen LogP contribution in [-0.2, 0) is 0 Å². The number of rotatable bonds is 3. The first-order valence-corrected chi connectivity index (χ1v) is 5.81. The zero-order valence-corrected chi connectivity index (χ0v) is 9.80. The van der Waals surface area contributed by atoms with E-state index in [9.17, 15) is 15.3 Å². The van der Waals surface area contributed by atoms with Crippen LogP contribution < -0.4 is 0 Å². The Kier molecular flexibility index (Phi) is 3.52. The Balaban J connectivity index is 2.52. The summed E-state index contributed by atoms with van der Waals surface area (Å²) in [7, 11) is 0. The fraction of sp³-hybridized carbons (Fsp3) is 0.231. The Labute approximate surface area is 104 Å². The molecule has 0 spiro atoms.